The van der Waals surface area contributed by atoms with Crippen LogP contribution in [0, 0.1) is 5.92 Å². The molecule has 1 rings (SSSR count). The molecule has 0 bridgehead atoms. The molecule has 0 aromatic carbocycles. The minimum absolute atomic E-state index is 0. The highest BCUT2D eigenvalue weighted by Gasteiger charge is 2.35. The summed E-state index contributed by atoms with van der Waals surface area (Å²) in [5.41, 5.74) is -1.06. The molecule has 0 unspecified atom stereocenters. The molecule has 4 N–H and O–H groups in total. The molecule has 0 spiro atoms. The summed E-state index contributed by atoms with van der Waals surface area (Å²) in [6.45, 7) is 5.60. The Labute approximate surface area is 80.1 Å². The molecule has 3 heteroatoms. The van der Waals surface area contributed by atoms with Gasteiger partial charge >= 0.3 is 0 Å². The molecular formula is C10H22O3. The normalized spacial score (nSPS) is 35.3. The third kappa shape index (κ3) is 3.63. The fourth-order valence-electron chi connectivity index (χ4n) is 1.95. The fraction of sp³-hybridized carbons (Fsp3) is 1.00. The summed E-state index contributed by atoms with van der Waals surface area (Å²) in [5.74, 6) is 0.359. The Balaban J connectivity index is 0.00000144. The number of hydrogen-bond donors (Lipinski definition) is 2. The number of hydrogen-bond acceptors (Lipinski definition) is 2. The smallest absolute Gasteiger partial charge is 0.0620 e. The van der Waals surface area contributed by atoms with Crippen molar-refractivity contribution in [3.63, 3.8) is 0 Å². The van der Waals surface area contributed by atoms with Crippen molar-refractivity contribution in [3.8, 4) is 0 Å². The van der Waals surface area contributed by atoms with Crippen LogP contribution in [0.15, 0.2) is 0 Å². The van der Waals surface area contributed by atoms with Gasteiger partial charge in [-0.2, -0.15) is 0 Å². The van der Waals surface area contributed by atoms with E-state index in [4.69, 9.17) is 0 Å². The second-order valence-electron chi connectivity index (χ2n) is 4.92. The van der Waals surface area contributed by atoms with Gasteiger partial charge in [-0.15, -0.1) is 0 Å². The highest BCUT2D eigenvalue weighted by molar-refractivity contribution is 4.87. The van der Waals surface area contributed by atoms with Crippen molar-refractivity contribution >= 4 is 0 Å². The van der Waals surface area contributed by atoms with Gasteiger partial charge in [0.1, 0.15) is 0 Å². The van der Waals surface area contributed by atoms with Crippen molar-refractivity contribution in [2.45, 2.75) is 57.7 Å². The summed E-state index contributed by atoms with van der Waals surface area (Å²) in [6.07, 6.45) is 3.52. The van der Waals surface area contributed by atoms with Crippen LogP contribution >= 0.6 is 0 Å². The van der Waals surface area contributed by atoms with E-state index < -0.39 is 11.2 Å². The Hall–Kier alpha value is -0.120. The van der Waals surface area contributed by atoms with Gasteiger partial charge in [0, 0.05) is 0 Å². The highest BCUT2D eigenvalue weighted by Crippen LogP contribution is 2.36. The van der Waals surface area contributed by atoms with Gasteiger partial charge in [0.05, 0.1) is 11.2 Å². The van der Waals surface area contributed by atoms with E-state index in [2.05, 4.69) is 0 Å². The molecule has 0 amide bonds. The predicted molar refractivity (Wildman–Crippen MR) is 52.5 cm³/mol. The van der Waals surface area contributed by atoms with Crippen molar-refractivity contribution in [1.82, 2.24) is 0 Å². The first kappa shape index (κ1) is 12.9. The second-order valence-corrected chi connectivity index (χ2v) is 4.92. The molecule has 0 aliphatic heterocycles. The third-order valence-corrected chi connectivity index (χ3v) is 3.06. The Morgan fingerprint density at radius 1 is 1.23 bits per heavy atom. The van der Waals surface area contributed by atoms with E-state index in [0.29, 0.717) is 5.92 Å². The predicted octanol–water partition coefficient (Wildman–Crippen LogP) is 0.874. The molecule has 3 nitrogen and oxygen atoms in total. The van der Waals surface area contributed by atoms with E-state index in [0.717, 1.165) is 25.7 Å². The van der Waals surface area contributed by atoms with Crippen molar-refractivity contribution in [3.05, 3.63) is 0 Å². The van der Waals surface area contributed by atoms with Crippen LogP contribution in [0.3, 0.4) is 0 Å². The Morgan fingerprint density at radius 2 is 1.62 bits per heavy atom. The first-order valence-corrected chi connectivity index (χ1v) is 4.76. The van der Waals surface area contributed by atoms with Gasteiger partial charge in [0.15, 0.2) is 0 Å². The van der Waals surface area contributed by atoms with E-state index in [-0.39, 0.29) is 5.48 Å². The fourth-order valence-corrected chi connectivity index (χ4v) is 1.95. The van der Waals surface area contributed by atoms with E-state index >= 15 is 0 Å². The molecule has 1 saturated carbocycles. The zero-order chi connectivity index (χ0) is 9.41. The lowest BCUT2D eigenvalue weighted by molar-refractivity contribution is -0.0509. The minimum Gasteiger partial charge on any atom is -0.412 e. The van der Waals surface area contributed by atoms with E-state index in [1.807, 2.05) is 20.8 Å². The largest absolute Gasteiger partial charge is 0.412 e. The van der Waals surface area contributed by atoms with Crippen molar-refractivity contribution < 1.29 is 15.7 Å². The SMILES string of the molecule is CC1(O)CCC(C(C)(C)O)CC1.O. The van der Waals surface area contributed by atoms with Crippen LogP contribution in [0.25, 0.3) is 0 Å². The first-order valence-electron chi connectivity index (χ1n) is 4.76. The monoisotopic (exact) mass is 190 g/mol. The molecule has 80 valence electrons. The van der Waals surface area contributed by atoms with E-state index in [9.17, 15) is 10.2 Å². The first-order chi connectivity index (χ1) is 5.31. The van der Waals surface area contributed by atoms with Gasteiger partial charge in [-0.25, -0.2) is 0 Å². The summed E-state index contributed by atoms with van der Waals surface area (Å²) in [6, 6.07) is 0. The zero-order valence-electron chi connectivity index (χ0n) is 8.80. The molecule has 0 aromatic rings. The van der Waals surface area contributed by atoms with Gasteiger partial charge < -0.3 is 15.7 Å². The maximum Gasteiger partial charge on any atom is 0.0620 e. The van der Waals surface area contributed by atoms with Gasteiger partial charge in [0.2, 0.25) is 0 Å². The van der Waals surface area contributed by atoms with Gasteiger partial charge in [0.25, 0.3) is 0 Å². The molecule has 1 aliphatic rings. The molecule has 0 aromatic heterocycles. The van der Waals surface area contributed by atoms with Crippen LogP contribution in [0.1, 0.15) is 46.5 Å². The standard InChI is InChI=1S/C10H20O2.H2O/c1-9(2,11)8-4-6-10(3,12)7-5-8;/h8,11-12H,4-7H2,1-3H3;1H2. The van der Waals surface area contributed by atoms with Crippen LogP contribution in [-0.4, -0.2) is 26.9 Å². The molecule has 0 heterocycles. The van der Waals surface area contributed by atoms with Crippen molar-refractivity contribution in [2.24, 2.45) is 5.92 Å². The summed E-state index contributed by atoms with van der Waals surface area (Å²) >= 11 is 0. The van der Waals surface area contributed by atoms with Gasteiger partial charge in [-0.3, -0.25) is 0 Å². The minimum atomic E-state index is -0.573. The lowest BCUT2D eigenvalue weighted by Crippen LogP contribution is -2.39. The third-order valence-electron chi connectivity index (χ3n) is 3.06. The zero-order valence-corrected chi connectivity index (χ0v) is 8.80. The molecule has 13 heavy (non-hydrogen) atoms. The lowest BCUT2D eigenvalue weighted by Gasteiger charge is -2.38. The summed E-state index contributed by atoms with van der Waals surface area (Å²) in [7, 11) is 0. The lowest BCUT2D eigenvalue weighted by atomic mass is 9.73. The van der Waals surface area contributed by atoms with Crippen LogP contribution < -0.4 is 0 Å². The Kier molecular flexibility index (Phi) is 3.91. The Bertz CT molecular complexity index is 148. The maximum atomic E-state index is 9.73. The van der Waals surface area contributed by atoms with Crippen molar-refractivity contribution in [1.29, 1.82) is 0 Å². The quantitative estimate of drug-likeness (QED) is 0.644. The van der Waals surface area contributed by atoms with E-state index in [1.165, 1.54) is 0 Å². The average molecular weight is 190 g/mol. The van der Waals surface area contributed by atoms with Gasteiger partial charge in [-0.1, -0.05) is 0 Å². The topological polar surface area (TPSA) is 72.0 Å². The molecular weight excluding hydrogens is 168 g/mol. The summed E-state index contributed by atoms with van der Waals surface area (Å²) in [5, 5.41) is 19.4. The summed E-state index contributed by atoms with van der Waals surface area (Å²) in [4.78, 5) is 0. The molecule has 0 saturated heterocycles. The maximum absolute atomic E-state index is 9.73. The number of aliphatic hydroxyl groups is 2. The highest BCUT2D eigenvalue weighted by atomic mass is 16.3. The average Bonchev–Trinajstić information content (AvgIpc) is 1.83. The second kappa shape index (κ2) is 3.95. The van der Waals surface area contributed by atoms with Crippen LogP contribution in [0.4, 0.5) is 0 Å². The van der Waals surface area contributed by atoms with E-state index in [1.54, 1.807) is 0 Å². The molecule has 0 radical (unpaired) electrons. The number of rotatable bonds is 1. The summed E-state index contributed by atoms with van der Waals surface area (Å²) < 4.78 is 0. The van der Waals surface area contributed by atoms with Crippen molar-refractivity contribution in [2.75, 3.05) is 0 Å². The molecule has 1 fully saturated rings. The molecule has 1 aliphatic carbocycles. The van der Waals surface area contributed by atoms with Gasteiger partial charge in [-0.05, 0) is 52.4 Å². The van der Waals surface area contributed by atoms with Crippen LogP contribution in [0.2, 0.25) is 0 Å². The van der Waals surface area contributed by atoms with Crippen LogP contribution in [-0.2, 0) is 0 Å². The molecule has 0 atom stereocenters. The van der Waals surface area contributed by atoms with Crippen LogP contribution in [0.5, 0.6) is 0 Å². The Morgan fingerprint density at radius 3 is 1.92 bits per heavy atom.